The number of nitrogens with zero attached hydrogens (tertiary/aromatic N) is 2. The molecule has 21 heavy (non-hydrogen) atoms. The number of nitrogens with one attached hydrogen (secondary N) is 2. The van der Waals surface area contributed by atoms with E-state index >= 15 is 0 Å². The van der Waals surface area contributed by atoms with E-state index < -0.39 is 0 Å². The van der Waals surface area contributed by atoms with Gasteiger partial charge in [-0.15, -0.1) is 5.10 Å². The number of hydrogen-bond acceptors (Lipinski definition) is 5. The van der Waals surface area contributed by atoms with Crippen molar-refractivity contribution in [3.8, 4) is 0 Å². The molecule has 0 unspecified atom stereocenters. The summed E-state index contributed by atoms with van der Waals surface area (Å²) in [4.78, 5) is 0. The van der Waals surface area contributed by atoms with Crippen LogP contribution in [0.1, 0.15) is 38.6 Å². The minimum absolute atomic E-state index is 0.0994. The first-order valence-electron chi connectivity index (χ1n) is 7.44. The van der Waals surface area contributed by atoms with Gasteiger partial charge in [-0.1, -0.05) is 42.4 Å². The molecule has 0 bridgehead atoms. The molecule has 0 fully saturated rings. The molecule has 0 radical (unpaired) electrons. The molecule has 0 aliphatic heterocycles. The first-order chi connectivity index (χ1) is 10.1. The van der Waals surface area contributed by atoms with Crippen molar-refractivity contribution in [1.82, 2.24) is 15.5 Å². The van der Waals surface area contributed by atoms with Crippen molar-refractivity contribution < 1.29 is 4.42 Å². The van der Waals surface area contributed by atoms with Crippen LogP contribution in [0, 0.1) is 0 Å². The molecule has 0 atom stereocenters. The van der Waals surface area contributed by atoms with E-state index in [0.29, 0.717) is 18.5 Å². The molecular weight excluding hydrogens is 264 g/mol. The summed E-state index contributed by atoms with van der Waals surface area (Å²) >= 11 is 0. The van der Waals surface area contributed by atoms with Gasteiger partial charge in [0.1, 0.15) is 0 Å². The maximum absolute atomic E-state index is 5.58. The molecule has 0 saturated carbocycles. The molecule has 114 valence electrons. The van der Waals surface area contributed by atoms with Gasteiger partial charge in [0.15, 0.2) is 0 Å². The number of hydrogen-bond donors (Lipinski definition) is 2. The topological polar surface area (TPSA) is 63.0 Å². The lowest BCUT2D eigenvalue weighted by molar-refractivity contribution is 0.449. The monoisotopic (exact) mass is 288 g/mol. The van der Waals surface area contributed by atoms with Gasteiger partial charge in [0, 0.05) is 5.54 Å². The Morgan fingerprint density at radius 2 is 1.90 bits per heavy atom. The Morgan fingerprint density at radius 1 is 1.14 bits per heavy atom. The Balaban J connectivity index is 1.86. The molecule has 0 aliphatic carbocycles. The van der Waals surface area contributed by atoms with Crippen molar-refractivity contribution in [2.45, 2.75) is 45.7 Å². The molecule has 1 aromatic heterocycles. The smallest absolute Gasteiger partial charge is 0.315 e. The third-order valence-electron chi connectivity index (χ3n) is 3.32. The summed E-state index contributed by atoms with van der Waals surface area (Å²) < 4.78 is 5.58. The van der Waals surface area contributed by atoms with Crippen LogP contribution in [0.5, 0.6) is 0 Å². The summed E-state index contributed by atoms with van der Waals surface area (Å²) in [7, 11) is 0. The van der Waals surface area contributed by atoms with E-state index in [1.54, 1.807) is 0 Å². The van der Waals surface area contributed by atoms with Gasteiger partial charge in [0.05, 0.1) is 6.54 Å². The van der Waals surface area contributed by atoms with E-state index in [1.807, 2.05) is 13.0 Å². The second-order valence-corrected chi connectivity index (χ2v) is 5.78. The van der Waals surface area contributed by atoms with Crippen LogP contribution in [0.3, 0.4) is 0 Å². The fraction of sp³-hybridized carbons (Fsp3) is 0.500. The lowest BCUT2D eigenvalue weighted by atomic mass is 9.95. The lowest BCUT2D eigenvalue weighted by Crippen LogP contribution is -2.31. The molecule has 0 amide bonds. The molecule has 1 heterocycles. The van der Waals surface area contributed by atoms with Gasteiger partial charge < -0.3 is 15.1 Å². The molecule has 1 aromatic carbocycles. The number of aryl methyl sites for hydroxylation is 1. The highest BCUT2D eigenvalue weighted by molar-refractivity contribution is 5.23. The molecule has 5 heteroatoms. The number of rotatable bonds is 8. The standard InChI is InChI=1S/C16H24N4O/c1-4-17-12-14-19-20-15(21-14)18-16(2,3)11-10-13-8-6-5-7-9-13/h5-9,17H,4,10-12H2,1-3H3,(H,18,20). The van der Waals surface area contributed by atoms with Crippen molar-refractivity contribution in [2.75, 3.05) is 11.9 Å². The third-order valence-corrected chi connectivity index (χ3v) is 3.32. The number of aromatic nitrogens is 2. The predicted molar refractivity (Wildman–Crippen MR) is 84.1 cm³/mol. The molecule has 5 nitrogen and oxygen atoms in total. The van der Waals surface area contributed by atoms with Crippen molar-refractivity contribution in [2.24, 2.45) is 0 Å². The molecule has 2 rings (SSSR count). The Kier molecular flexibility index (Phi) is 5.33. The summed E-state index contributed by atoms with van der Waals surface area (Å²) in [6.45, 7) is 7.82. The van der Waals surface area contributed by atoms with Crippen molar-refractivity contribution in [1.29, 1.82) is 0 Å². The van der Waals surface area contributed by atoms with Crippen molar-refractivity contribution >= 4 is 6.01 Å². The Hall–Kier alpha value is -1.88. The third kappa shape index (κ3) is 5.19. The van der Waals surface area contributed by atoms with Crippen LogP contribution in [0.15, 0.2) is 34.7 Å². The van der Waals surface area contributed by atoms with Crippen LogP contribution in [0.25, 0.3) is 0 Å². The zero-order valence-electron chi connectivity index (χ0n) is 13.0. The van der Waals surface area contributed by atoms with Crippen molar-refractivity contribution in [3.05, 3.63) is 41.8 Å². The fourth-order valence-electron chi connectivity index (χ4n) is 2.06. The van der Waals surface area contributed by atoms with Crippen LogP contribution in [0.4, 0.5) is 6.01 Å². The summed E-state index contributed by atoms with van der Waals surface area (Å²) in [5.41, 5.74) is 1.24. The minimum atomic E-state index is -0.0994. The van der Waals surface area contributed by atoms with Crippen molar-refractivity contribution in [3.63, 3.8) is 0 Å². The maximum Gasteiger partial charge on any atom is 0.315 e. The molecule has 0 aliphatic rings. The van der Waals surface area contributed by atoms with Gasteiger partial charge in [-0.05, 0) is 38.8 Å². The first-order valence-corrected chi connectivity index (χ1v) is 7.44. The second kappa shape index (κ2) is 7.22. The zero-order valence-corrected chi connectivity index (χ0v) is 13.0. The normalized spacial score (nSPS) is 11.6. The molecule has 2 aromatic rings. The predicted octanol–water partition coefficient (Wildman–Crippen LogP) is 3.00. The van der Waals surface area contributed by atoms with E-state index in [-0.39, 0.29) is 5.54 Å². The average Bonchev–Trinajstić information content (AvgIpc) is 2.91. The van der Waals surface area contributed by atoms with E-state index in [0.717, 1.165) is 19.4 Å². The number of anilines is 1. The average molecular weight is 288 g/mol. The summed E-state index contributed by atoms with van der Waals surface area (Å²) in [5.74, 6) is 0.609. The summed E-state index contributed by atoms with van der Waals surface area (Å²) in [6, 6.07) is 11.0. The van der Waals surface area contributed by atoms with Crippen LogP contribution < -0.4 is 10.6 Å². The van der Waals surface area contributed by atoms with Crippen LogP contribution in [0.2, 0.25) is 0 Å². The van der Waals surface area contributed by atoms with Crippen LogP contribution in [-0.4, -0.2) is 22.3 Å². The highest BCUT2D eigenvalue weighted by atomic mass is 16.4. The quantitative estimate of drug-likeness (QED) is 0.782. The Labute approximate surface area is 126 Å². The fourth-order valence-corrected chi connectivity index (χ4v) is 2.06. The second-order valence-electron chi connectivity index (χ2n) is 5.78. The van der Waals surface area contributed by atoms with Crippen LogP contribution >= 0.6 is 0 Å². The zero-order chi connectivity index (χ0) is 15.1. The maximum atomic E-state index is 5.58. The van der Waals surface area contributed by atoms with Gasteiger partial charge in [-0.2, -0.15) is 0 Å². The Morgan fingerprint density at radius 3 is 2.62 bits per heavy atom. The summed E-state index contributed by atoms with van der Waals surface area (Å²) in [5, 5.41) is 14.5. The minimum Gasteiger partial charge on any atom is -0.407 e. The van der Waals surface area contributed by atoms with Crippen LogP contribution in [-0.2, 0) is 13.0 Å². The summed E-state index contributed by atoms with van der Waals surface area (Å²) in [6.07, 6.45) is 2.00. The van der Waals surface area contributed by atoms with E-state index in [9.17, 15) is 0 Å². The number of benzene rings is 1. The van der Waals surface area contributed by atoms with E-state index in [4.69, 9.17) is 4.42 Å². The highest BCUT2D eigenvalue weighted by Crippen LogP contribution is 2.19. The molecule has 0 saturated heterocycles. The lowest BCUT2D eigenvalue weighted by Gasteiger charge is -2.25. The van der Waals surface area contributed by atoms with Gasteiger partial charge >= 0.3 is 6.01 Å². The Bertz CT molecular complexity index is 536. The highest BCUT2D eigenvalue weighted by Gasteiger charge is 2.20. The first kappa shape index (κ1) is 15.5. The molecule has 0 spiro atoms. The molecular formula is C16H24N4O. The van der Waals surface area contributed by atoms with Gasteiger partial charge in [-0.3, -0.25) is 0 Å². The van der Waals surface area contributed by atoms with Gasteiger partial charge in [0.2, 0.25) is 5.89 Å². The SMILES string of the molecule is CCNCc1nnc(NC(C)(C)CCc2ccccc2)o1. The van der Waals surface area contributed by atoms with E-state index in [1.165, 1.54) is 5.56 Å². The largest absolute Gasteiger partial charge is 0.407 e. The van der Waals surface area contributed by atoms with Gasteiger partial charge in [-0.25, -0.2) is 0 Å². The van der Waals surface area contributed by atoms with E-state index in [2.05, 4.69) is 58.9 Å². The molecule has 2 N–H and O–H groups in total. The van der Waals surface area contributed by atoms with Gasteiger partial charge in [0.25, 0.3) is 0 Å².